The number of fused-ring (bicyclic) bond motifs is 1. The lowest BCUT2D eigenvalue weighted by atomic mass is 10.1. The highest BCUT2D eigenvalue weighted by molar-refractivity contribution is 5.86. The van der Waals surface area contributed by atoms with Gasteiger partial charge in [0.2, 0.25) is 0 Å². The number of hydrogen-bond donors (Lipinski definition) is 1. The fourth-order valence-electron chi connectivity index (χ4n) is 1.70. The lowest BCUT2D eigenvalue weighted by Crippen LogP contribution is -2.19. The number of rotatable bonds is 2. The molecule has 0 amide bonds. The number of nitrogens with one attached hydrogen (secondary N) is 1. The molecule has 0 spiro atoms. The second-order valence-electron chi connectivity index (χ2n) is 3.86. The highest BCUT2D eigenvalue weighted by Gasteiger charge is 2.29. The molecular weight excluding hydrogens is 247 g/mol. The summed E-state index contributed by atoms with van der Waals surface area (Å²) in [5.74, 6) is 0. The Morgan fingerprint density at radius 3 is 2.61 bits per heavy atom. The molecule has 0 unspecified atom stereocenters. The SMILES string of the molecule is O=Cc1ccc2c(=O)c(CC(F)(F)F)c[nH]c2c1. The van der Waals surface area contributed by atoms with Gasteiger partial charge in [0.05, 0.1) is 6.42 Å². The van der Waals surface area contributed by atoms with Gasteiger partial charge in [-0.3, -0.25) is 9.59 Å². The van der Waals surface area contributed by atoms with Gasteiger partial charge in [0, 0.05) is 28.2 Å². The number of carbonyl (C=O) groups is 1. The third-order valence-corrected chi connectivity index (χ3v) is 2.51. The first kappa shape index (κ1) is 12.3. The topological polar surface area (TPSA) is 49.9 Å². The molecule has 0 aliphatic carbocycles. The molecule has 6 heteroatoms. The average molecular weight is 255 g/mol. The van der Waals surface area contributed by atoms with Gasteiger partial charge < -0.3 is 4.98 Å². The van der Waals surface area contributed by atoms with Gasteiger partial charge >= 0.3 is 6.18 Å². The van der Waals surface area contributed by atoms with Crippen LogP contribution in [-0.2, 0) is 6.42 Å². The van der Waals surface area contributed by atoms with Crippen molar-refractivity contribution in [2.24, 2.45) is 0 Å². The Labute approximate surface area is 99.2 Å². The van der Waals surface area contributed by atoms with E-state index in [0.717, 1.165) is 6.20 Å². The number of pyridine rings is 1. The summed E-state index contributed by atoms with van der Waals surface area (Å²) in [6.07, 6.45) is -4.06. The summed E-state index contributed by atoms with van der Waals surface area (Å²) in [7, 11) is 0. The van der Waals surface area contributed by atoms with Gasteiger partial charge in [-0.25, -0.2) is 0 Å². The van der Waals surface area contributed by atoms with Crippen LogP contribution in [0.5, 0.6) is 0 Å². The molecule has 2 rings (SSSR count). The highest BCUT2D eigenvalue weighted by Crippen LogP contribution is 2.20. The summed E-state index contributed by atoms with van der Waals surface area (Å²) >= 11 is 0. The minimum atomic E-state index is -4.43. The Balaban J connectivity index is 2.58. The predicted octanol–water partition coefficient (Wildman–Crippen LogP) is 2.45. The number of carbonyl (C=O) groups excluding carboxylic acids is 1. The number of H-pyrrole nitrogens is 1. The zero-order chi connectivity index (χ0) is 13.3. The van der Waals surface area contributed by atoms with Crippen LogP contribution in [0.15, 0.2) is 29.2 Å². The summed E-state index contributed by atoms with van der Waals surface area (Å²) in [6, 6.07) is 4.15. The quantitative estimate of drug-likeness (QED) is 0.838. The van der Waals surface area contributed by atoms with E-state index < -0.39 is 18.0 Å². The van der Waals surface area contributed by atoms with Crippen LogP contribution < -0.4 is 5.43 Å². The Hall–Kier alpha value is -2.11. The van der Waals surface area contributed by atoms with Gasteiger partial charge in [-0.05, 0) is 12.1 Å². The zero-order valence-corrected chi connectivity index (χ0v) is 9.04. The van der Waals surface area contributed by atoms with Crippen LogP contribution in [0.2, 0.25) is 0 Å². The molecule has 0 bridgehead atoms. The molecule has 1 heterocycles. The first-order chi connectivity index (χ1) is 8.40. The number of benzene rings is 1. The molecule has 0 fully saturated rings. The average Bonchev–Trinajstić information content (AvgIpc) is 2.31. The third kappa shape index (κ3) is 2.42. The van der Waals surface area contributed by atoms with Gasteiger partial charge in [0.15, 0.2) is 5.43 Å². The maximum atomic E-state index is 12.2. The molecule has 94 valence electrons. The molecular formula is C12H8F3NO2. The molecule has 0 saturated carbocycles. The molecule has 1 aromatic heterocycles. The van der Waals surface area contributed by atoms with E-state index in [4.69, 9.17) is 0 Å². The van der Waals surface area contributed by atoms with Crippen LogP contribution in [0.1, 0.15) is 15.9 Å². The van der Waals surface area contributed by atoms with Crippen molar-refractivity contribution in [3.8, 4) is 0 Å². The minimum Gasteiger partial charge on any atom is -0.361 e. The molecule has 0 radical (unpaired) electrons. The van der Waals surface area contributed by atoms with Crippen molar-refractivity contribution in [1.29, 1.82) is 0 Å². The number of aromatic nitrogens is 1. The number of aromatic amines is 1. The molecule has 0 aliphatic heterocycles. The first-order valence-electron chi connectivity index (χ1n) is 5.07. The molecule has 0 aliphatic rings. The van der Waals surface area contributed by atoms with Crippen molar-refractivity contribution in [2.75, 3.05) is 0 Å². The summed E-state index contributed by atoms with van der Waals surface area (Å²) in [6.45, 7) is 0. The van der Waals surface area contributed by atoms with Crippen LogP contribution in [0.25, 0.3) is 10.9 Å². The van der Waals surface area contributed by atoms with Gasteiger partial charge in [0.25, 0.3) is 0 Å². The Morgan fingerprint density at radius 1 is 1.28 bits per heavy atom. The van der Waals surface area contributed by atoms with Crippen LogP contribution >= 0.6 is 0 Å². The van der Waals surface area contributed by atoms with Crippen molar-refractivity contribution < 1.29 is 18.0 Å². The molecule has 0 atom stereocenters. The lowest BCUT2D eigenvalue weighted by Gasteiger charge is -2.07. The van der Waals surface area contributed by atoms with Crippen LogP contribution in [0, 0.1) is 0 Å². The normalized spacial score (nSPS) is 11.7. The number of alkyl halides is 3. The van der Waals surface area contributed by atoms with E-state index in [1.54, 1.807) is 0 Å². The van der Waals surface area contributed by atoms with Gasteiger partial charge in [-0.2, -0.15) is 13.2 Å². The second kappa shape index (κ2) is 4.29. The van der Waals surface area contributed by atoms with Crippen molar-refractivity contribution in [3.05, 3.63) is 45.7 Å². The molecule has 3 nitrogen and oxygen atoms in total. The van der Waals surface area contributed by atoms with E-state index in [9.17, 15) is 22.8 Å². The molecule has 18 heavy (non-hydrogen) atoms. The summed E-state index contributed by atoms with van der Waals surface area (Å²) < 4.78 is 36.7. The molecule has 0 saturated heterocycles. The predicted molar refractivity (Wildman–Crippen MR) is 59.7 cm³/mol. The maximum Gasteiger partial charge on any atom is 0.393 e. The van der Waals surface area contributed by atoms with E-state index in [-0.39, 0.29) is 10.9 Å². The lowest BCUT2D eigenvalue weighted by molar-refractivity contribution is -0.127. The molecule has 1 aromatic carbocycles. The standard InChI is InChI=1S/C12H8F3NO2/c13-12(14,15)4-8-5-16-10-3-7(6-17)1-2-9(10)11(8)18/h1-3,5-6H,4H2,(H,16,18). The van der Waals surface area contributed by atoms with Crippen molar-refractivity contribution >= 4 is 17.2 Å². The van der Waals surface area contributed by atoms with E-state index >= 15 is 0 Å². The Kier molecular flexibility index (Phi) is 2.94. The minimum absolute atomic E-state index is 0.141. The molecule has 1 N–H and O–H groups in total. The van der Waals surface area contributed by atoms with Gasteiger partial charge in [-0.15, -0.1) is 0 Å². The van der Waals surface area contributed by atoms with E-state index in [1.165, 1.54) is 18.2 Å². The Bertz CT molecular complexity index is 658. The van der Waals surface area contributed by atoms with Crippen LogP contribution in [-0.4, -0.2) is 17.4 Å². The van der Waals surface area contributed by atoms with Crippen LogP contribution in [0.4, 0.5) is 13.2 Å². The van der Waals surface area contributed by atoms with Gasteiger partial charge in [0.1, 0.15) is 6.29 Å². The highest BCUT2D eigenvalue weighted by atomic mass is 19.4. The summed E-state index contributed by atoms with van der Waals surface area (Å²) in [4.78, 5) is 24.9. The smallest absolute Gasteiger partial charge is 0.361 e. The maximum absolute atomic E-state index is 12.2. The summed E-state index contributed by atoms with van der Waals surface area (Å²) in [5, 5.41) is 0.141. The zero-order valence-electron chi connectivity index (χ0n) is 9.04. The van der Waals surface area contributed by atoms with E-state index in [1.807, 2.05) is 0 Å². The first-order valence-corrected chi connectivity index (χ1v) is 5.07. The van der Waals surface area contributed by atoms with E-state index in [0.29, 0.717) is 17.4 Å². The van der Waals surface area contributed by atoms with Crippen molar-refractivity contribution in [3.63, 3.8) is 0 Å². The fourth-order valence-corrected chi connectivity index (χ4v) is 1.70. The third-order valence-electron chi connectivity index (χ3n) is 2.51. The van der Waals surface area contributed by atoms with Crippen LogP contribution in [0.3, 0.4) is 0 Å². The number of halogens is 3. The van der Waals surface area contributed by atoms with Crippen molar-refractivity contribution in [2.45, 2.75) is 12.6 Å². The number of aldehydes is 1. The molecule has 2 aromatic rings. The monoisotopic (exact) mass is 255 g/mol. The van der Waals surface area contributed by atoms with Crippen molar-refractivity contribution in [1.82, 2.24) is 4.98 Å². The fraction of sp³-hybridized carbons (Fsp3) is 0.167. The number of hydrogen-bond acceptors (Lipinski definition) is 2. The van der Waals surface area contributed by atoms with Gasteiger partial charge in [-0.1, -0.05) is 6.07 Å². The summed E-state index contributed by atoms with van der Waals surface area (Å²) in [5.41, 5.74) is -0.315. The van der Waals surface area contributed by atoms with E-state index in [2.05, 4.69) is 4.98 Å². The largest absolute Gasteiger partial charge is 0.393 e. The Morgan fingerprint density at radius 2 is 2.00 bits per heavy atom. The second-order valence-corrected chi connectivity index (χ2v) is 3.86.